The van der Waals surface area contributed by atoms with Crippen LogP contribution < -0.4 is 14.4 Å². The number of halogens is 3. The Morgan fingerprint density at radius 3 is 2.56 bits per heavy atom. The highest BCUT2D eigenvalue weighted by Crippen LogP contribution is 2.32. The van der Waals surface area contributed by atoms with E-state index >= 15 is 0 Å². The Kier molecular flexibility index (Phi) is 7.57. The lowest BCUT2D eigenvalue weighted by atomic mass is 9.99. The molecule has 41 heavy (non-hydrogen) atoms. The summed E-state index contributed by atoms with van der Waals surface area (Å²) in [5.74, 6) is 0.462. The summed E-state index contributed by atoms with van der Waals surface area (Å²) in [6, 6.07) is 9.47. The summed E-state index contributed by atoms with van der Waals surface area (Å²) in [7, 11) is 0. The number of carbonyl (C=O) groups is 1. The smallest absolute Gasteiger partial charge is 0.493 e. The molecule has 0 spiro atoms. The Bertz CT molecular complexity index is 1500. The number of benzene rings is 1. The van der Waals surface area contributed by atoms with Crippen LogP contribution in [0.5, 0.6) is 11.5 Å². The number of piperazine rings is 1. The van der Waals surface area contributed by atoms with E-state index in [0.29, 0.717) is 25.4 Å². The fourth-order valence-electron chi connectivity index (χ4n) is 5.72. The number of rotatable bonds is 7. The van der Waals surface area contributed by atoms with Gasteiger partial charge >= 0.3 is 6.36 Å². The van der Waals surface area contributed by atoms with Crippen LogP contribution in [0.2, 0.25) is 0 Å². The molecule has 0 radical (unpaired) electrons. The molecule has 6 rings (SSSR count). The van der Waals surface area contributed by atoms with Gasteiger partial charge in [-0.05, 0) is 49.2 Å². The number of amides is 1. The standard InChI is InChI=1S/C29H31F3N6O3/c30-29(31,32)41-22-5-3-21(4-6-22)40-19-20-2-1-11-38(17-20)26(39)18-36-12-14-37(15-13-36)25-8-10-33-24-16-35-28-23(27(24)25)7-9-34-28/h3-10,16,20,33H,1-2,11-15,17-19H2. The average Bonchev–Trinajstić information content (AvgIpc) is 3.46. The molecule has 12 heteroatoms. The number of aromatic nitrogens is 3. The number of hydrogen-bond acceptors (Lipinski definition) is 7. The van der Waals surface area contributed by atoms with E-state index in [9.17, 15) is 18.0 Å². The van der Waals surface area contributed by atoms with Gasteiger partial charge in [-0.25, -0.2) is 9.97 Å². The minimum Gasteiger partial charge on any atom is -0.493 e. The molecule has 2 fully saturated rings. The van der Waals surface area contributed by atoms with Gasteiger partial charge in [0.1, 0.15) is 11.5 Å². The summed E-state index contributed by atoms with van der Waals surface area (Å²) in [4.78, 5) is 31.7. The molecule has 1 amide bonds. The number of ether oxygens (including phenoxy) is 2. The zero-order valence-electron chi connectivity index (χ0n) is 22.4. The number of hydrogen-bond donors (Lipinski definition) is 1. The molecule has 0 bridgehead atoms. The molecule has 9 nitrogen and oxygen atoms in total. The minimum atomic E-state index is -4.73. The van der Waals surface area contributed by atoms with E-state index in [1.807, 2.05) is 23.4 Å². The van der Waals surface area contributed by atoms with Crippen LogP contribution in [0.25, 0.3) is 21.9 Å². The van der Waals surface area contributed by atoms with Gasteiger partial charge in [0.2, 0.25) is 5.91 Å². The molecule has 5 heterocycles. The molecule has 2 aliphatic heterocycles. The van der Waals surface area contributed by atoms with Crippen molar-refractivity contribution in [3.05, 3.63) is 55.0 Å². The maximum Gasteiger partial charge on any atom is 0.573 e. The fraction of sp³-hybridized carbons (Fsp3) is 0.414. The Morgan fingerprint density at radius 2 is 1.78 bits per heavy atom. The Hall–Kier alpha value is -4.06. The predicted octanol–water partition coefficient (Wildman–Crippen LogP) is 4.45. The van der Waals surface area contributed by atoms with Crippen LogP contribution in [0.1, 0.15) is 12.8 Å². The lowest BCUT2D eigenvalue weighted by Gasteiger charge is -2.38. The van der Waals surface area contributed by atoms with Gasteiger partial charge in [-0.1, -0.05) is 0 Å². The number of piperidine rings is 1. The SMILES string of the molecule is O=C(CN1CCN(c2cc[nH]c3cnc4nccc4c23)CC1)N1CCCC(COc2ccc(OC(F)(F)F)cc2)C1. The van der Waals surface area contributed by atoms with E-state index < -0.39 is 6.36 Å². The third kappa shape index (κ3) is 6.32. The number of nitrogens with one attached hydrogen (secondary N) is 1. The van der Waals surface area contributed by atoms with Crippen LogP contribution in [-0.2, 0) is 4.79 Å². The number of anilines is 1. The van der Waals surface area contributed by atoms with Gasteiger partial charge in [-0.2, -0.15) is 0 Å². The van der Waals surface area contributed by atoms with Crippen molar-refractivity contribution in [1.29, 1.82) is 0 Å². The average molecular weight is 569 g/mol. The summed E-state index contributed by atoms with van der Waals surface area (Å²) in [5.41, 5.74) is 2.85. The fourth-order valence-corrected chi connectivity index (χ4v) is 5.72. The quantitative estimate of drug-likeness (QED) is 0.353. The molecule has 0 aliphatic carbocycles. The van der Waals surface area contributed by atoms with E-state index in [0.717, 1.165) is 73.2 Å². The number of nitrogens with zero attached hydrogens (tertiary/aromatic N) is 5. The van der Waals surface area contributed by atoms with E-state index in [1.165, 1.54) is 24.3 Å². The molecule has 3 aromatic heterocycles. The minimum absolute atomic E-state index is 0.118. The predicted molar refractivity (Wildman–Crippen MR) is 148 cm³/mol. The van der Waals surface area contributed by atoms with Crippen LogP contribution in [0.4, 0.5) is 18.9 Å². The highest BCUT2D eigenvalue weighted by Gasteiger charge is 2.31. The second-order valence-electron chi connectivity index (χ2n) is 10.5. The van der Waals surface area contributed by atoms with Crippen LogP contribution in [-0.4, -0.2) is 89.4 Å². The van der Waals surface area contributed by atoms with Crippen LogP contribution in [0.3, 0.4) is 0 Å². The number of fused-ring (bicyclic) bond motifs is 3. The number of aromatic amines is 1. The van der Waals surface area contributed by atoms with Crippen molar-refractivity contribution in [2.45, 2.75) is 19.2 Å². The van der Waals surface area contributed by atoms with Crippen molar-refractivity contribution in [2.75, 3.05) is 57.3 Å². The Balaban J connectivity index is 0.996. The molecule has 1 atom stereocenters. The van der Waals surface area contributed by atoms with Gasteiger partial charge < -0.3 is 24.3 Å². The lowest BCUT2D eigenvalue weighted by molar-refractivity contribution is -0.274. The highest BCUT2D eigenvalue weighted by atomic mass is 19.4. The zero-order valence-corrected chi connectivity index (χ0v) is 22.4. The van der Waals surface area contributed by atoms with E-state index in [4.69, 9.17) is 4.74 Å². The molecule has 2 saturated heterocycles. The maximum atomic E-state index is 13.2. The molecule has 1 unspecified atom stereocenters. The van der Waals surface area contributed by atoms with Crippen LogP contribution >= 0.6 is 0 Å². The number of pyridine rings is 2. The van der Waals surface area contributed by atoms with Gasteiger partial charge in [0.25, 0.3) is 0 Å². The molecule has 2 aliphatic rings. The summed E-state index contributed by atoms with van der Waals surface area (Å²) in [6.07, 6.45) is 2.64. The van der Waals surface area contributed by atoms with Crippen molar-refractivity contribution < 1.29 is 27.4 Å². The number of H-pyrrole nitrogens is 1. The number of carbonyl (C=O) groups excluding carboxylic acids is 1. The number of alkyl halides is 3. The van der Waals surface area contributed by atoms with Crippen molar-refractivity contribution in [3.8, 4) is 11.5 Å². The normalized spacial score (nSPS) is 18.7. The Morgan fingerprint density at radius 1 is 1.00 bits per heavy atom. The second-order valence-corrected chi connectivity index (χ2v) is 10.5. The summed E-state index contributed by atoms with van der Waals surface area (Å²) < 4.78 is 46.8. The zero-order chi connectivity index (χ0) is 28.4. The molecule has 1 N–H and O–H groups in total. The largest absolute Gasteiger partial charge is 0.573 e. The highest BCUT2D eigenvalue weighted by molar-refractivity contribution is 6.10. The van der Waals surface area contributed by atoms with Crippen molar-refractivity contribution in [1.82, 2.24) is 24.8 Å². The first kappa shape index (κ1) is 27.1. The Labute approximate surface area is 234 Å². The molecule has 216 valence electrons. The molecule has 1 aromatic carbocycles. The van der Waals surface area contributed by atoms with E-state index in [1.54, 1.807) is 6.20 Å². The van der Waals surface area contributed by atoms with Crippen molar-refractivity contribution in [3.63, 3.8) is 0 Å². The summed E-state index contributed by atoms with van der Waals surface area (Å²) in [5, 5.41) is 2.15. The second kappa shape index (κ2) is 11.4. The lowest BCUT2D eigenvalue weighted by Crippen LogP contribution is -2.51. The summed E-state index contributed by atoms with van der Waals surface area (Å²) >= 11 is 0. The van der Waals surface area contributed by atoms with Gasteiger partial charge in [0, 0.05) is 74.0 Å². The van der Waals surface area contributed by atoms with Crippen LogP contribution in [0.15, 0.2) is 55.0 Å². The van der Waals surface area contributed by atoms with Crippen molar-refractivity contribution >= 4 is 33.5 Å². The maximum absolute atomic E-state index is 13.2. The molecule has 4 aromatic rings. The van der Waals surface area contributed by atoms with Gasteiger partial charge in [-0.15, -0.1) is 13.2 Å². The first-order valence-corrected chi connectivity index (χ1v) is 13.8. The molecule has 0 saturated carbocycles. The van der Waals surface area contributed by atoms with Gasteiger partial charge in [0.15, 0.2) is 5.65 Å². The molecular formula is C29H31F3N6O3. The third-order valence-corrected chi connectivity index (χ3v) is 7.76. The first-order valence-electron chi connectivity index (χ1n) is 13.8. The topological polar surface area (TPSA) is 86.8 Å². The van der Waals surface area contributed by atoms with Crippen molar-refractivity contribution in [2.24, 2.45) is 5.92 Å². The monoisotopic (exact) mass is 568 g/mol. The number of likely N-dealkylation sites (tertiary alicyclic amines) is 1. The first-order chi connectivity index (χ1) is 19.8. The van der Waals surface area contributed by atoms with E-state index in [-0.39, 0.29) is 17.6 Å². The molecular weight excluding hydrogens is 537 g/mol. The third-order valence-electron chi connectivity index (χ3n) is 7.76. The van der Waals surface area contributed by atoms with Gasteiger partial charge in [0.05, 0.1) is 24.9 Å². The van der Waals surface area contributed by atoms with Crippen LogP contribution in [0, 0.1) is 5.92 Å². The summed E-state index contributed by atoms with van der Waals surface area (Å²) in [6.45, 7) is 5.31. The van der Waals surface area contributed by atoms with E-state index in [2.05, 4.69) is 35.6 Å². The van der Waals surface area contributed by atoms with Gasteiger partial charge in [-0.3, -0.25) is 9.69 Å².